The first kappa shape index (κ1) is 14.4. The van der Waals surface area contributed by atoms with Gasteiger partial charge in [0.1, 0.15) is 0 Å². The SMILES string of the molecule is CCCCCCCOC(=O)C(O)CCC. The number of hydrogen-bond donors (Lipinski definition) is 1. The van der Waals surface area contributed by atoms with Crippen LogP contribution in [0.1, 0.15) is 58.8 Å². The topological polar surface area (TPSA) is 46.5 Å². The Morgan fingerprint density at radius 3 is 2.40 bits per heavy atom. The summed E-state index contributed by atoms with van der Waals surface area (Å²) in [6.45, 7) is 4.55. The number of ether oxygens (including phenoxy) is 1. The van der Waals surface area contributed by atoms with Gasteiger partial charge in [0, 0.05) is 0 Å². The largest absolute Gasteiger partial charge is 0.464 e. The fourth-order valence-corrected chi connectivity index (χ4v) is 1.37. The minimum atomic E-state index is -0.925. The summed E-state index contributed by atoms with van der Waals surface area (Å²) in [6.07, 6.45) is 6.04. The van der Waals surface area contributed by atoms with E-state index in [-0.39, 0.29) is 0 Å². The Hall–Kier alpha value is -0.570. The van der Waals surface area contributed by atoms with Crippen molar-refractivity contribution in [2.75, 3.05) is 6.61 Å². The lowest BCUT2D eigenvalue weighted by atomic mass is 10.2. The lowest BCUT2D eigenvalue weighted by Gasteiger charge is -2.09. The van der Waals surface area contributed by atoms with E-state index in [1.165, 1.54) is 19.3 Å². The number of hydrogen-bond acceptors (Lipinski definition) is 3. The molecular weight excluding hydrogens is 192 g/mol. The molecule has 1 N–H and O–H groups in total. The van der Waals surface area contributed by atoms with E-state index < -0.39 is 12.1 Å². The normalized spacial score (nSPS) is 12.5. The van der Waals surface area contributed by atoms with Crippen molar-refractivity contribution in [1.29, 1.82) is 0 Å². The summed E-state index contributed by atoms with van der Waals surface area (Å²) in [7, 11) is 0. The van der Waals surface area contributed by atoms with Gasteiger partial charge >= 0.3 is 5.97 Å². The van der Waals surface area contributed by atoms with Crippen LogP contribution >= 0.6 is 0 Å². The molecule has 15 heavy (non-hydrogen) atoms. The number of aliphatic hydroxyl groups excluding tert-OH is 1. The summed E-state index contributed by atoms with van der Waals surface area (Å²) in [5.74, 6) is -0.465. The van der Waals surface area contributed by atoms with Gasteiger partial charge in [0.25, 0.3) is 0 Å². The van der Waals surface area contributed by atoms with E-state index in [2.05, 4.69) is 6.92 Å². The zero-order valence-corrected chi connectivity index (χ0v) is 10.00. The van der Waals surface area contributed by atoms with E-state index in [0.29, 0.717) is 13.0 Å². The van der Waals surface area contributed by atoms with Crippen LogP contribution in [-0.2, 0) is 9.53 Å². The third-order valence-corrected chi connectivity index (χ3v) is 2.33. The van der Waals surface area contributed by atoms with Crippen molar-refractivity contribution in [1.82, 2.24) is 0 Å². The monoisotopic (exact) mass is 216 g/mol. The third kappa shape index (κ3) is 8.43. The van der Waals surface area contributed by atoms with Gasteiger partial charge in [0.15, 0.2) is 6.10 Å². The number of esters is 1. The van der Waals surface area contributed by atoms with Crippen LogP contribution in [0, 0.1) is 0 Å². The standard InChI is InChI=1S/C12H24O3/c1-3-5-6-7-8-10-15-12(14)11(13)9-4-2/h11,13H,3-10H2,1-2H3. The molecule has 0 spiro atoms. The van der Waals surface area contributed by atoms with Crippen molar-refractivity contribution in [3.8, 4) is 0 Å². The van der Waals surface area contributed by atoms with Gasteiger partial charge in [-0.1, -0.05) is 46.0 Å². The van der Waals surface area contributed by atoms with Gasteiger partial charge < -0.3 is 9.84 Å². The maximum absolute atomic E-state index is 11.1. The molecule has 0 saturated carbocycles. The van der Waals surface area contributed by atoms with Crippen LogP contribution < -0.4 is 0 Å². The van der Waals surface area contributed by atoms with Crippen molar-refractivity contribution < 1.29 is 14.6 Å². The maximum atomic E-state index is 11.1. The van der Waals surface area contributed by atoms with Crippen LogP contribution in [0.15, 0.2) is 0 Å². The Morgan fingerprint density at radius 1 is 1.13 bits per heavy atom. The molecule has 1 atom stereocenters. The highest BCUT2D eigenvalue weighted by atomic mass is 16.5. The van der Waals surface area contributed by atoms with Gasteiger partial charge in [-0.05, 0) is 12.8 Å². The van der Waals surface area contributed by atoms with Gasteiger partial charge in [0.05, 0.1) is 6.61 Å². The molecule has 0 aromatic heterocycles. The summed E-state index contributed by atoms with van der Waals surface area (Å²) >= 11 is 0. The zero-order chi connectivity index (χ0) is 11.5. The molecule has 0 aromatic carbocycles. The Bertz CT molecular complexity index is 157. The molecule has 0 aliphatic carbocycles. The molecule has 0 aromatic rings. The molecule has 1 unspecified atom stereocenters. The molecule has 0 fully saturated rings. The maximum Gasteiger partial charge on any atom is 0.334 e. The molecule has 0 aliphatic rings. The molecule has 3 heteroatoms. The summed E-state index contributed by atoms with van der Waals surface area (Å²) < 4.78 is 4.95. The molecule has 0 heterocycles. The fraction of sp³-hybridized carbons (Fsp3) is 0.917. The molecule has 0 aliphatic heterocycles. The van der Waals surface area contributed by atoms with E-state index >= 15 is 0 Å². The number of rotatable bonds is 9. The Balaban J connectivity index is 3.30. The number of aliphatic hydroxyl groups is 1. The van der Waals surface area contributed by atoms with Gasteiger partial charge in [-0.2, -0.15) is 0 Å². The second-order valence-corrected chi connectivity index (χ2v) is 3.89. The van der Waals surface area contributed by atoms with Crippen LogP contribution in [-0.4, -0.2) is 23.8 Å². The Morgan fingerprint density at radius 2 is 1.80 bits per heavy atom. The fourth-order valence-electron chi connectivity index (χ4n) is 1.37. The highest BCUT2D eigenvalue weighted by Crippen LogP contribution is 2.04. The van der Waals surface area contributed by atoms with Crippen molar-refractivity contribution in [2.45, 2.75) is 64.9 Å². The lowest BCUT2D eigenvalue weighted by molar-refractivity contribution is -0.154. The third-order valence-electron chi connectivity index (χ3n) is 2.33. The summed E-state index contributed by atoms with van der Waals surface area (Å²) in [5.41, 5.74) is 0. The highest BCUT2D eigenvalue weighted by Gasteiger charge is 2.14. The smallest absolute Gasteiger partial charge is 0.334 e. The van der Waals surface area contributed by atoms with E-state index in [1.807, 2.05) is 6.92 Å². The van der Waals surface area contributed by atoms with Crippen molar-refractivity contribution in [3.05, 3.63) is 0 Å². The summed E-state index contributed by atoms with van der Waals surface area (Å²) in [5, 5.41) is 9.28. The quantitative estimate of drug-likeness (QED) is 0.476. The van der Waals surface area contributed by atoms with Crippen LogP contribution in [0.25, 0.3) is 0 Å². The first-order valence-corrected chi connectivity index (χ1v) is 6.07. The minimum Gasteiger partial charge on any atom is -0.464 e. The van der Waals surface area contributed by atoms with E-state index in [1.54, 1.807) is 0 Å². The van der Waals surface area contributed by atoms with Crippen LogP contribution in [0.2, 0.25) is 0 Å². The molecule has 0 bridgehead atoms. The highest BCUT2D eigenvalue weighted by molar-refractivity contribution is 5.74. The van der Waals surface area contributed by atoms with E-state index in [0.717, 1.165) is 19.3 Å². The first-order valence-electron chi connectivity index (χ1n) is 6.07. The lowest BCUT2D eigenvalue weighted by Crippen LogP contribution is -2.23. The molecule has 90 valence electrons. The minimum absolute atomic E-state index is 0.448. The van der Waals surface area contributed by atoms with Crippen LogP contribution in [0.4, 0.5) is 0 Å². The molecule has 0 radical (unpaired) electrons. The second-order valence-electron chi connectivity index (χ2n) is 3.89. The molecule has 3 nitrogen and oxygen atoms in total. The van der Waals surface area contributed by atoms with Crippen molar-refractivity contribution >= 4 is 5.97 Å². The predicted molar refractivity (Wildman–Crippen MR) is 60.6 cm³/mol. The predicted octanol–water partition coefficient (Wildman–Crippen LogP) is 2.66. The van der Waals surface area contributed by atoms with Crippen molar-refractivity contribution in [2.24, 2.45) is 0 Å². The average Bonchev–Trinajstić information content (AvgIpc) is 2.23. The summed E-state index contributed by atoms with van der Waals surface area (Å²) in [4.78, 5) is 11.1. The number of unbranched alkanes of at least 4 members (excludes halogenated alkanes) is 4. The molecule has 0 saturated heterocycles. The van der Waals surface area contributed by atoms with E-state index in [9.17, 15) is 9.90 Å². The van der Waals surface area contributed by atoms with Gasteiger partial charge in [-0.15, -0.1) is 0 Å². The second kappa shape index (κ2) is 9.97. The first-order chi connectivity index (χ1) is 7.22. The Kier molecular flexibility index (Phi) is 9.59. The van der Waals surface area contributed by atoms with Crippen LogP contribution in [0.5, 0.6) is 0 Å². The van der Waals surface area contributed by atoms with Gasteiger partial charge in [-0.3, -0.25) is 0 Å². The molecular formula is C12H24O3. The van der Waals surface area contributed by atoms with E-state index in [4.69, 9.17) is 4.74 Å². The van der Waals surface area contributed by atoms with Gasteiger partial charge in [-0.25, -0.2) is 4.79 Å². The zero-order valence-electron chi connectivity index (χ0n) is 10.00. The molecule has 0 rings (SSSR count). The van der Waals surface area contributed by atoms with Crippen LogP contribution in [0.3, 0.4) is 0 Å². The number of carbonyl (C=O) groups excluding carboxylic acids is 1. The summed E-state index contributed by atoms with van der Waals surface area (Å²) in [6, 6.07) is 0. The van der Waals surface area contributed by atoms with Crippen molar-refractivity contribution in [3.63, 3.8) is 0 Å². The van der Waals surface area contributed by atoms with Gasteiger partial charge in [0.2, 0.25) is 0 Å². The Labute approximate surface area is 92.8 Å². The number of carbonyl (C=O) groups is 1. The molecule has 0 amide bonds. The average molecular weight is 216 g/mol.